The minimum atomic E-state index is -0.338. The van der Waals surface area contributed by atoms with Gasteiger partial charge >= 0.3 is 0 Å². The highest BCUT2D eigenvalue weighted by Crippen LogP contribution is 2.32. The van der Waals surface area contributed by atoms with Gasteiger partial charge in [-0.3, -0.25) is 9.69 Å². The van der Waals surface area contributed by atoms with Crippen molar-refractivity contribution < 1.29 is 9.90 Å². The number of para-hydroxylation sites is 1. The Labute approximate surface area is 140 Å². The lowest BCUT2D eigenvalue weighted by atomic mass is 9.92. The minimum Gasteiger partial charge on any atom is -0.393 e. The topological polar surface area (TPSA) is 52.6 Å². The van der Waals surface area contributed by atoms with Crippen LogP contribution in [0, 0.1) is 0 Å². The van der Waals surface area contributed by atoms with Gasteiger partial charge in [-0.1, -0.05) is 45.9 Å². The van der Waals surface area contributed by atoms with Crippen LogP contribution in [0.2, 0.25) is 0 Å². The van der Waals surface area contributed by atoms with E-state index in [0.29, 0.717) is 31.3 Å². The number of likely N-dealkylation sites (N-methyl/N-ethyl adjacent to an activating group) is 1. The molecule has 1 amide bonds. The summed E-state index contributed by atoms with van der Waals surface area (Å²) in [5, 5.41) is 12.5. The molecule has 0 fully saturated rings. The lowest BCUT2D eigenvalue weighted by Gasteiger charge is -2.22. The van der Waals surface area contributed by atoms with Crippen molar-refractivity contribution in [3.8, 4) is 0 Å². The van der Waals surface area contributed by atoms with E-state index in [-0.39, 0.29) is 12.0 Å². The standard InChI is InChI=1S/C19H32N2O2/c1-13(2)16-8-7-9-17(14(3)4)19(16)20-18(23)12-21(6)11-10-15(5)22/h7-9,13-15,22H,10-12H2,1-6H3,(H,20,23). The van der Waals surface area contributed by atoms with Gasteiger partial charge in [-0.2, -0.15) is 0 Å². The summed E-state index contributed by atoms with van der Waals surface area (Å²) in [7, 11) is 1.90. The zero-order valence-electron chi connectivity index (χ0n) is 15.4. The lowest BCUT2D eigenvalue weighted by molar-refractivity contribution is -0.117. The fraction of sp³-hybridized carbons (Fsp3) is 0.632. The summed E-state index contributed by atoms with van der Waals surface area (Å²) in [6, 6.07) is 6.24. The van der Waals surface area contributed by atoms with E-state index < -0.39 is 0 Å². The van der Waals surface area contributed by atoms with Gasteiger partial charge in [0.25, 0.3) is 0 Å². The van der Waals surface area contributed by atoms with Crippen LogP contribution in [0.4, 0.5) is 5.69 Å². The fourth-order valence-electron chi connectivity index (χ4n) is 2.61. The third kappa shape index (κ3) is 6.32. The predicted molar refractivity (Wildman–Crippen MR) is 97.0 cm³/mol. The summed E-state index contributed by atoms with van der Waals surface area (Å²) < 4.78 is 0. The van der Waals surface area contributed by atoms with Crippen molar-refractivity contribution in [1.82, 2.24) is 4.90 Å². The number of anilines is 1. The molecule has 0 heterocycles. The lowest BCUT2D eigenvalue weighted by Crippen LogP contribution is -2.32. The molecular formula is C19H32N2O2. The number of aliphatic hydroxyl groups excluding tert-OH is 1. The Morgan fingerprint density at radius 2 is 1.65 bits per heavy atom. The summed E-state index contributed by atoms with van der Waals surface area (Å²) in [6.45, 7) is 11.4. The molecule has 0 aliphatic heterocycles. The van der Waals surface area contributed by atoms with Crippen molar-refractivity contribution in [1.29, 1.82) is 0 Å². The van der Waals surface area contributed by atoms with E-state index in [2.05, 4.69) is 51.2 Å². The second kappa shape index (κ2) is 9.04. The molecule has 0 spiro atoms. The highest BCUT2D eigenvalue weighted by atomic mass is 16.3. The van der Waals surface area contributed by atoms with Crippen LogP contribution in [0.3, 0.4) is 0 Å². The second-order valence-electron chi connectivity index (χ2n) is 7.04. The molecule has 4 heteroatoms. The van der Waals surface area contributed by atoms with Crippen LogP contribution in [0.5, 0.6) is 0 Å². The molecule has 4 nitrogen and oxygen atoms in total. The van der Waals surface area contributed by atoms with Crippen LogP contribution in [-0.4, -0.2) is 42.2 Å². The summed E-state index contributed by atoms with van der Waals surface area (Å²) >= 11 is 0. The van der Waals surface area contributed by atoms with Gasteiger partial charge in [0.05, 0.1) is 12.6 Å². The third-order valence-electron chi connectivity index (χ3n) is 3.98. The zero-order chi connectivity index (χ0) is 17.6. The van der Waals surface area contributed by atoms with Crippen molar-refractivity contribution in [2.24, 2.45) is 0 Å². The predicted octanol–water partition coefficient (Wildman–Crippen LogP) is 3.57. The van der Waals surface area contributed by atoms with E-state index in [1.165, 1.54) is 11.1 Å². The van der Waals surface area contributed by atoms with Crippen LogP contribution in [0.15, 0.2) is 18.2 Å². The molecule has 1 unspecified atom stereocenters. The Bertz CT molecular complexity index is 484. The molecule has 1 aromatic rings. The van der Waals surface area contributed by atoms with Crippen LogP contribution >= 0.6 is 0 Å². The maximum absolute atomic E-state index is 12.4. The van der Waals surface area contributed by atoms with E-state index in [0.717, 1.165) is 5.69 Å². The fourth-order valence-corrected chi connectivity index (χ4v) is 2.61. The SMILES string of the molecule is CC(O)CCN(C)CC(=O)Nc1c(C(C)C)cccc1C(C)C. The largest absolute Gasteiger partial charge is 0.393 e. The monoisotopic (exact) mass is 320 g/mol. The molecule has 0 bridgehead atoms. The quantitative estimate of drug-likeness (QED) is 0.770. The molecule has 1 aromatic carbocycles. The van der Waals surface area contributed by atoms with Gasteiger partial charge in [-0.25, -0.2) is 0 Å². The summed E-state index contributed by atoms with van der Waals surface area (Å²) in [5.41, 5.74) is 3.32. The molecule has 23 heavy (non-hydrogen) atoms. The van der Waals surface area contributed by atoms with Gasteiger partial charge in [0, 0.05) is 12.2 Å². The van der Waals surface area contributed by atoms with Crippen molar-refractivity contribution in [2.45, 2.75) is 59.0 Å². The van der Waals surface area contributed by atoms with Gasteiger partial charge in [-0.15, -0.1) is 0 Å². The minimum absolute atomic E-state index is 0.00640. The van der Waals surface area contributed by atoms with Gasteiger partial charge < -0.3 is 10.4 Å². The van der Waals surface area contributed by atoms with Crippen LogP contribution in [0.1, 0.15) is 64.0 Å². The normalized spacial score (nSPS) is 13.0. The van der Waals surface area contributed by atoms with Crippen LogP contribution in [-0.2, 0) is 4.79 Å². The molecule has 0 aliphatic rings. The molecule has 1 atom stereocenters. The zero-order valence-corrected chi connectivity index (χ0v) is 15.4. The Hall–Kier alpha value is -1.39. The molecule has 0 radical (unpaired) electrons. The average molecular weight is 320 g/mol. The van der Waals surface area contributed by atoms with Gasteiger partial charge in [0.2, 0.25) is 5.91 Å². The first-order valence-electron chi connectivity index (χ1n) is 8.51. The average Bonchev–Trinajstić information content (AvgIpc) is 2.44. The Balaban J connectivity index is 2.84. The van der Waals surface area contributed by atoms with Gasteiger partial charge in [-0.05, 0) is 43.4 Å². The summed E-state index contributed by atoms with van der Waals surface area (Å²) in [6.07, 6.45) is 0.332. The Kier molecular flexibility index (Phi) is 7.73. The van der Waals surface area contributed by atoms with E-state index in [4.69, 9.17) is 0 Å². The maximum atomic E-state index is 12.4. The van der Waals surface area contributed by atoms with E-state index in [1.807, 2.05) is 11.9 Å². The number of amides is 1. The van der Waals surface area contributed by atoms with Crippen molar-refractivity contribution in [3.05, 3.63) is 29.3 Å². The smallest absolute Gasteiger partial charge is 0.238 e. The number of nitrogens with zero attached hydrogens (tertiary/aromatic N) is 1. The Morgan fingerprint density at radius 3 is 2.09 bits per heavy atom. The molecule has 0 aromatic heterocycles. The molecular weight excluding hydrogens is 288 g/mol. The highest BCUT2D eigenvalue weighted by molar-refractivity contribution is 5.94. The van der Waals surface area contributed by atoms with E-state index in [9.17, 15) is 9.90 Å². The number of hydrogen-bond acceptors (Lipinski definition) is 3. The second-order valence-corrected chi connectivity index (χ2v) is 7.04. The number of rotatable bonds is 8. The van der Waals surface area contributed by atoms with Crippen molar-refractivity contribution in [2.75, 3.05) is 25.5 Å². The summed E-state index contributed by atoms with van der Waals surface area (Å²) in [5.74, 6) is 0.710. The molecule has 0 saturated heterocycles. The molecule has 2 N–H and O–H groups in total. The van der Waals surface area contributed by atoms with Gasteiger partial charge in [0.1, 0.15) is 0 Å². The van der Waals surface area contributed by atoms with Gasteiger partial charge in [0.15, 0.2) is 0 Å². The number of benzene rings is 1. The number of carbonyl (C=O) groups excluding carboxylic acids is 1. The summed E-state index contributed by atoms with van der Waals surface area (Å²) in [4.78, 5) is 14.3. The maximum Gasteiger partial charge on any atom is 0.238 e. The number of aliphatic hydroxyl groups is 1. The van der Waals surface area contributed by atoms with Crippen molar-refractivity contribution >= 4 is 11.6 Å². The van der Waals surface area contributed by atoms with Crippen LogP contribution < -0.4 is 5.32 Å². The third-order valence-corrected chi connectivity index (χ3v) is 3.98. The first-order chi connectivity index (χ1) is 10.7. The molecule has 0 aliphatic carbocycles. The van der Waals surface area contributed by atoms with E-state index in [1.54, 1.807) is 6.92 Å². The van der Waals surface area contributed by atoms with E-state index >= 15 is 0 Å². The first kappa shape index (κ1) is 19.7. The first-order valence-corrected chi connectivity index (χ1v) is 8.51. The molecule has 1 rings (SSSR count). The number of nitrogens with one attached hydrogen (secondary N) is 1. The highest BCUT2D eigenvalue weighted by Gasteiger charge is 2.16. The molecule has 130 valence electrons. The Morgan fingerprint density at radius 1 is 1.13 bits per heavy atom. The molecule has 0 saturated carbocycles. The van der Waals surface area contributed by atoms with Crippen molar-refractivity contribution in [3.63, 3.8) is 0 Å². The number of hydrogen-bond donors (Lipinski definition) is 2. The number of carbonyl (C=O) groups is 1. The van der Waals surface area contributed by atoms with Crippen LogP contribution in [0.25, 0.3) is 0 Å².